The van der Waals surface area contributed by atoms with Crippen molar-refractivity contribution in [3.05, 3.63) is 101 Å². The lowest BCUT2D eigenvalue weighted by Crippen LogP contribution is -2.49. The quantitative estimate of drug-likeness (QED) is 0.204. The van der Waals surface area contributed by atoms with Crippen LogP contribution in [0.1, 0.15) is 90.0 Å². The summed E-state index contributed by atoms with van der Waals surface area (Å²) >= 11 is 0. The number of hydrogen-bond acceptors (Lipinski definition) is 5. The predicted octanol–water partition coefficient (Wildman–Crippen LogP) is 6.95. The lowest BCUT2D eigenvalue weighted by Gasteiger charge is -2.45. The molecule has 7 nitrogen and oxygen atoms in total. The molecule has 4 aromatic rings. The molecule has 3 aliphatic heterocycles. The smallest absolute Gasteiger partial charge is 0.338 e. The van der Waals surface area contributed by atoms with E-state index in [1.54, 1.807) is 25.1 Å². The Balaban J connectivity index is 1.06. The molecule has 4 heterocycles. The summed E-state index contributed by atoms with van der Waals surface area (Å²) in [5, 5.41) is 0. The summed E-state index contributed by atoms with van der Waals surface area (Å²) in [5.74, 6) is 0.609. The Morgan fingerprint density at radius 3 is 2.20 bits per heavy atom. The molecule has 0 N–H and O–H groups in total. The molecule has 3 aliphatic rings. The number of carbonyl (C=O) groups is 2. The van der Waals surface area contributed by atoms with E-state index in [0.29, 0.717) is 42.3 Å². The molecule has 1 aromatic heterocycles. The maximum Gasteiger partial charge on any atom is 0.338 e. The van der Waals surface area contributed by atoms with Gasteiger partial charge in [-0.1, -0.05) is 54.6 Å². The molecule has 234 valence electrons. The molecule has 7 rings (SSSR count). The number of para-hydroxylation sites is 2. The Labute approximate surface area is 266 Å². The SMILES string of the molecule is CCOC(=O)c1ccccc1C(=O)N1CCC(CCN2C3CCC2CC(n2c(C)nc4ccccc42)C3)(c2ccccc2)CC1. The molecule has 2 unspecified atom stereocenters. The average molecular weight is 605 g/mol. The summed E-state index contributed by atoms with van der Waals surface area (Å²) in [7, 11) is 0. The normalized spacial score (nSPS) is 22.9. The molecule has 0 saturated carbocycles. The first-order valence-electron chi connectivity index (χ1n) is 16.8. The average Bonchev–Trinajstić information content (AvgIpc) is 3.54. The number of nitrogens with zero attached hydrogens (tertiary/aromatic N) is 4. The lowest BCUT2D eigenvalue weighted by atomic mass is 9.70. The van der Waals surface area contributed by atoms with Crippen molar-refractivity contribution in [1.82, 2.24) is 19.4 Å². The van der Waals surface area contributed by atoms with Crippen molar-refractivity contribution in [3.63, 3.8) is 0 Å². The number of aryl methyl sites for hydroxylation is 1. The zero-order valence-electron chi connectivity index (χ0n) is 26.5. The first-order valence-corrected chi connectivity index (χ1v) is 16.8. The number of imidazole rings is 1. The molecular formula is C38H44N4O3. The van der Waals surface area contributed by atoms with Crippen LogP contribution in [0.4, 0.5) is 0 Å². The Morgan fingerprint density at radius 1 is 0.844 bits per heavy atom. The monoisotopic (exact) mass is 604 g/mol. The van der Waals surface area contributed by atoms with E-state index in [-0.39, 0.29) is 17.9 Å². The first-order chi connectivity index (χ1) is 22.0. The third-order valence-electron chi connectivity index (χ3n) is 10.9. The number of carbonyl (C=O) groups excluding carboxylic acids is 2. The van der Waals surface area contributed by atoms with Gasteiger partial charge in [-0.3, -0.25) is 9.69 Å². The van der Waals surface area contributed by atoms with Crippen LogP contribution in [0, 0.1) is 6.92 Å². The van der Waals surface area contributed by atoms with Crippen LogP contribution in [0.2, 0.25) is 0 Å². The van der Waals surface area contributed by atoms with Crippen LogP contribution >= 0.6 is 0 Å². The van der Waals surface area contributed by atoms with Crippen molar-refractivity contribution in [1.29, 1.82) is 0 Å². The van der Waals surface area contributed by atoms with Gasteiger partial charge in [-0.2, -0.15) is 0 Å². The number of aromatic nitrogens is 2. The van der Waals surface area contributed by atoms with Gasteiger partial charge in [0, 0.05) is 31.2 Å². The Morgan fingerprint density at radius 2 is 1.49 bits per heavy atom. The van der Waals surface area contributed by atoms with E-state index in [1.165, 1.54) is 36.8 Å². The summed E-state index contributed by atoms with van der Waals surface area (Å²) in [6, 6.07) is 28.3. The zero-order chi connectivity index (χ0) is 31.0. The van der Waals surface area contributed by atoms with E-state index < -0.39 is 5.97 Å². The van der Waals surface area contributed by atoms with Crippen LogP contribution in [0.25, 0.3) is 11.0 Å². The Kier molecular flexibility index (Phi) is 8.21. The third kappa shape index (κ3) is 5.56. The number of fused-ring (bicyclic) bond motifs is 3. The van der Waals surface area contributed by atoms with Crippen LogP contribution in [-0.2, 0) is 10.2 Å². The largest absolute Gasteiger partial charge is 0.462 e. The highest BCUT2D eigenvalue weighted by Crippen LogP contribution is 2.45. The van der Waals surface area contributed by atoms with E-state index in [2.05, 4.69) is 71.0 Å². The first kappa shape index (κ1) is 29.7. The van der Waals surface area contributed by atoms with Gasteiger partial charge in [0.05, 0.1) is 28.8 Å². The molecule has 3 saturated heterocycles. The highest BCUT2D eigenvalue weighted by atomic mass is 16.5. The van der Waals surface area contributed by atoms with Gasteiger partial charge in [-0.15, -0.1) is 0 Å². The molecule has 45 heavy (non-hydrogen) atoms. The van der Waals surface area contributed by atoms with E-state index >= 15 is 0 Å². The second-order valence-electron chi connectivity index (χ2n) is 13.2. The molecule has 7 heteroatoms. The predicted molar refractivity (Wildman–Crippen MR) is 177 cm³/mol. The number of benzene rings is 3. The van der Waals surface area contributed by atoms with Gasteiger partial charge in [0.25, 0.3) is 5.91 Å². The van der Waals surface area contributed by atoms with E-state index in [4.69, 9.17) is 9.72 Å². The summed E-state index contributed by atoms with van der Waals surface area (Å²) in [5.41, 5.74) is 4.55. The van der Waals surface area contributed by atoms with Crippen molar-refractivity contribution >= 4 is 22.9 Å². The number of rotatable bonds is 8. The van der Waals surface area contributed by atoms with Gasteiger partial charge in [0.15, 0.2) is 0 Å². The van der Waals surface area contributed by atoms with Crippen molar-refractivity contribution in [3.8, 4) is 0 Å². The fraction of sp³-hybridized carbons (Fsp3) is 0.447. The van der Waals surface area contributed by atoms with E-state index in [9.17, 15) is 9.59 Å². The maximum absolute atomic E-state index is 13.7. The molecule has 0 aliphatic carbocycles. The minimum Gasteiger partial charge on any atom is -0.462 e. The topological polar surface area (TPSA) is 67.7 Å². The van der Waals surface area contributed by atoms with Crippen LogP contribution in [0.15, 0.2) is 78.9 Å². The molecule has 2 bridgehead atoms. The summed E-state index contributed by atoms with van der Waals surface area (Å²) in [6.07, 6.45) is 7.81. The molecule has 3 aromatic carbocycles. The van der Waals surface area contributed by atoms with Crippen molar-refractivity contribution in [2.24, 2.45) is 0 Å². The number of esters is 1. The van der Waals surface area contributed by atoms with Gasteiger partial charge in [0.2, 0.25) is 0 Å². The van der Waals surface area contributed by atoms with Gasteiger partial charge < -0.3 is 14.2 Å². The molecule has 3 fully saturated rings. The minimum atomic E-state index is -0.438. The number of ether oxygens (including phenoxy) is 1. The molecule has 0 radical (unpaired) electrons. The van der Waals surface area contributed by atoms with E-state index in [1.807, 2.05) is 11.0 Å². The fourth-order valence-corrected chi connectivity index (χ4v) is 8.63. The molecule has 1 amide bonds. The third-order valence-corrected chi connectivity index (χ3v) is 10.9. The van der Waals surface area contributed by atoms with Gasteiger partial charge in [-0.05, 0) is 101 Å². The summed E-state index contributed by atoms with van der Waals surface area (Å²) in [4.78, 5) is 35.9. The standard InChI is InChI=1S/C38H44N4O3/c1-3-45-37(44)33-14-8-7-13-32(33)36(43)40-22-19-38(20-23-40,28-11-5-4-6-12-28)21-24-41-29-17-18-30(41)26-31(25-29)42-27(2)39-34-15-9-10-16-35(34)42/h4-16,29-31H,3,17-26H2,1-2H3. The Bertz CT molecular complexity index is 1660. The van der Waals surface area contributed by atoms with Gasteiger partial charge >= 0.3 is 5.97 Å². The number of hydrogen-bond donors (Lipinski definition) is 0. The van der Waals surface area contributed by atoms with Gasteiger partial charge in [-0.25, -0.2) is 9.78 Å². The van der Waals surface area contributed by atoms with Crippen LogP contribution in [0.5, 0.6) is 0 Å². The lowest BCUT2D eigenvalue weighted by molar-refractivity contribution is 0.0509. The minimum absolute atomic E-state index is 0.0200. The second-order valence-corrected chi connectivity index (χ2v) is 13.2. The van der Waals surface area contributed by atoms with Crippen molar-refractivity contribution in [2.45, 2.75) is 82.3 Å². The Hall–Kier alpha value is -3.97. The number of likely N-dealkylation sites (tertiary alicyclic amines) is 1. The van der Waals surface area contributed by atoms with E-state index in [0.717, 1.165) is 37.1 Å². The maximum atomic E-state index is 13.7. The molecule has 0 spiro atoms. The highest BCUT2D eigenvalue weighted by molar-refractivity contribution is 6.05. The molecular weight excluding hydrogens is 560 g/mol. The van der Waals surface area contributed by atoms with Crippen LogP contribution in [-0.4, -0.2) is 69.6 Å². The summed E-state index contributed by atoms with van der Waals surface area (Å²) < 4.78 is 7.75. The second kappa shape index (κ2) is 12.4. The fourth-order valence-electron chi connectivity index (χ4n) is 8.63. The van der Waals surface area contributed by atoms with Gasteiger partial charge in [0.1, 0.15) is 5.82 Å². The highest BCUT2D eigenvalue weighted by Gasteiger charge is 2.44. The van der Waals surface area contributed by atoms with Crippen LogP contribution < -0.4 is 0 Å². The number of piperidine rings is 2. The zero-order valence-corrected chi connectivity index (χ0v) is 26.5. The number of amides is 1. The van der Waals surface area contributed by atoms with Crippen LogP contribution in [0.3, 0.4) is 0 Å². The molecule has 2 atom stereocenters. The van der Waals surface area contributed by atoms with Crippen molar-refractivity contribution in [2.75, 3.05) is 26.2 Å². The van der Waals surface area contributed by atoms with Crippen molar-refractivity contribution < 1.29 is 14.3 Å². The summed E-state index contributed by atoms with van der Waals surface area (Å²) in [6.45, 7) is 6.65.